The van der Waals surface area contributed by atoms with Gasteiger partial charge < -0.3 is 19.7 Å². The van der Waals surface area contributed by atoms with E-state index in [0.29, 0.717) is 22.3 Å². The third-order valence-corrected chi connectivity index (χ3v) is 4.73. The molecule has 0 spiro atoms. The van der Waals surface area contributed by atoms with Crippen LogP contribution in [0.3, 0.4) is 0 Å². The number of esters is 2. The van der Waals surface area contributed by atoms with E-state index in [1.54, 1.807) is 60.7 Å². The number of hydrogen-bond acceptors (Lipinski definition) is 6. The van der Waals surface area contributed by atoms with Crippen LogP contribution >= 0.6 is 0 Å². The summed E-state index contributed by atoms with van der Waals surface area (Å²) in [5, 5.41) is 19.0. The molecule has 0 unspecified atom stereocenters. The predicted molar refractivity (Wildman–Crippen MR) is 122 cm³/mol. The van der Waals surface area contributed by atoms with Crippen LogP contribution in [0.25, 0.3) is 23.3 Å². The molecule has 3 aromatic carbocycles. The molecule has 0 bridgehead atoms. The molecule has 0 aliphatic carbocycles. The number of phenolic OH excluding ortho intramolecular Hbond substituents is 2. The van der Waals surface area contributed by atoms with Crippen LogP contribution in [0, 0.1) is 0 Å². The molecule has 0 amide bonds. The van der Waals surface area contributed by atoms with E-state index in [0.717, 1.165) is 11.1 Å². The van der Waals surface area contributed by atoms with Crippen LogP contribution < -0.4 is 0 Å². The van der Waals surface area contributed by atoms with Crippen molar-refractivity contribution in [1.29, 1.82) is 0 Å². The molecule has 0 aliphatic heterocycles. The van der Waals surface area contributed by atoms with E-state index in [1.807, 2.05) is 0 Å². The maximum atomic E-state index is 12.3. The molecule has 6 nitrogen and oxygen atoms in total. The number of carbonyl (C=O) groups is 2. The van der Waals surface area contributed by atoms with Gasteiger partial charge in [-0.15, -0.1) is 0 Å². The minimum Gasteiger partial charge on any atom is -0.508 e. The zero-order valence-corrected chi connectivity index (χ0v) is 17.6. The predicted octanol–water partition coefficient (Wildman–Crippen LogP) is 4.53. The molecular formula is C26H22O6. The number of methoxy groups -OCH3 is 2. The molecule has 0 radical (unpaired) electrons. The van der Waals surface area contributed by atoms with E-state index in [-0.39, 0.29) is 11.5 Å². The highest BCUT2D eigenvalue weighted by Crippen LogP contribution is 2.24. The molecule has 3 aromatic rings. The lowest BCUT2D eigenvalue weighted by molar-refractivity contribution is -0.134. The summed E-state index contributed by atoms with van der Waals surface area (Å²) in [7, 11) is 2.62. The van der Waals surface area contributed by atoms with Crippen molar-refractivity contribution in [1.82, 2.24) is 0 Å². The summed E-state index contributed by atoms with van der Waals surface area (Å²) in [6.45, 7) is 0. The number of phenols is 2. The van der Waals surface area contributed by atoms with Crippen LogP contribution in [0.4, 0.5) is 0 Å². The Kier molecular flexibility index (Phi) is 7.08. The lowest BCUT2D eigenvalue weighted by atomic mass is 10.00. The minimum atomic E-state index is -0.500. The van der Waals surface area contributed by atoms with Gasteiger partial charge in [0.1, 0.15) is 11.5 Å². The maximum Gasteiger partial charge on any atom is 0.338 e. The highest BCUT2D eigenvalue weighted by Gasteiger charge is 2.14. The van der Waals surface area contributed by atoms with Crippen LogP contribution in [0.1, 0.15) is 22.3 Å². The van der Waals surface area contributed by atoms with Crippen LogP contribution in [0.5, 0.6) is 11.5 Å². The van der Waals surface area contributed by atoms with Crippen LogP contribution in [-0.2, 0) is 19.1 Å². The first kappa shape index (κ1) is 22.4. The number of benzene rings is 3. The summed E-state index contributed by atoms with van der Waals surface area (Å²) in [5.74, 6) is -0.798. The monoisotopic (exact) mass is 430 g/mol. The highest BCUT2D eigenvalue weighted by molar-refractivity contribution is 6.22. The third-order valence-electron chi connectivity index (χ3n) is 4.73. The molecule has 0 saturated heterocycles. The Hall–Kier alpha value is -4.32. The van der Waals surface area contributed by atoms with Gasteiger partial charge in [0.2, 0.25) is 0 Å². The van der Waals surface area contributed by atoms with Crippen LogP contribution in [0.2, 0.25) is 0 Å². The first-order valence-corrected chi connectivity index (χ1v) is 9.70. The Morgan fingerprint density at radius 3 is 1.19 bits per heavy atom. The van der Waals surface area contributed by atoms with Crippen molar-refractivity contribution in [2.24, 2.45) is 0 Å². The van der Waals surface area contributed by atoms with Crippen molar-refractivity contribution in [3.05, 3.63) is 95.1 Å². The normalized spacial score (nSPS) is 11.7. The van der Waals surface area contributed by atoms with E-state index in [4.69, 9.17) is 9.47 Å². The second-order valence-electron chi connectivity index (χ2n) is 6.86. The van der Waals surface area contributed by atoms with Crippen molar-refractivity contribution in [3.8, 4) is 11.5 Å². The zero-order chi connectivity index (χ0) is 23.1. The first-order valence-electron chi connectivity index (χ1n) is 9.70. The van der Waals surface area contributed by atoms with Gasteiger partial charge >= 0.3 is 11.9 Å². The van der Waals surface area contributed by atoms with Crippen molar-refractivity contribution in [3.63, 3.8) is 0 Å². The average molecular weight is 430 g/mol. The molecule has 0 aromatic heterocycles. The van der Waals surface area contributed by atoms with Crippen molar-refractivity contribution >= 4 is 35.2 Å². The molecule has 0 fully saturated rings. The fourth-order valence-electron chi connectivity index (χ4n) is 3.04. The molecule has 0 aliphatic rings. The van der Waals surface area contributed by atoms with E-state index < -0.39 is 11.9 Å². The summed E-state index contributed by atoms with van der Waals surface area (Å²) < 4.78 is 9.79. The van der Waals surface area contributed by atoms with Gasteiger partial charge in [-0.25, -0.2) is 9.59 Å². The van der Waals surface area contributed by atoms with E-state index in [1.165, 1.54) is 38.5 Å². The Balaban J connectivity index is 1.95. The number of aromatic hydroxyl groups is 2. The molecule has 3 rings (SSSR count). The summed E-state index contributed by atoms with van der Waals surface area (Å²) in [5.41, 5.74) is 3.41. The molecule has 2 N–H and O–H groups in total. The Morgan fingerprint density at radius 1 is 0.594 bits per heavy atom. The summed E-state index contributed by atoms with van der Waals surface area (Å²) in [6, 6.07) is 19.8. The van der Waals surface area contributed by atoms with Crippen molar-refractivity contribution in [2.45, 2.75) is 0 Å². The second-order valence-corrected chi connectivity index (χ2v) is 6.86. The molecule has 6 heteroatoms. The smallest absolute Gasteiger partial charge is 0.338 e. The minimum absolute atomic E-state index is 0.101. The largest absolute Gasteiger partial charge is 0.508 e. The van der Waals surface area contributed by atoms with Gasteiger partial charge in [-0.1, -0.05) is 48.5 Å². The van der Waals surface area contributed by atoms with E-state index in [2.05, 4.69) is 0 Å². The topological polar surface area (TPSA) is 93.1 Å². The second kappa shape index (κ2) is 10.1. The van der Waals surface area contributed by atoms with Gasteiger partial charge in [0.25, 0.3) is 0 Å². The molecule has 162 valence electrons. The zero-order valence-electron chi connectivity index (χ0n) is 17.6. The molecule has 0 atom stereocenters. The van der Waals surface area contributed by atoms with Crippen molar-refractivity contribution < 1.29 is 29.3 Å². The molecule has 0 heterocycles. The SMILES string of the molecule is COC(=O)/C(=C/c1ccc(/C=C(/C(=O)OC)c2ccc(O)cc2)cc1)c1ccc(O)cc1. The summed E-state index contributed by atoms with van der Waals surface area (Å²) >= 11 is 0. The average Bonchev–Trinajstić information content (AvgIpc) is 2.82. The third kappa shape index (κ3) is 5.43. The first-order chi connectivity index (χ1) is 15.4. The van der Waals surface area contributed by atoms with Crippen LogP contribution in [-0.4, -0.2) is 36.4 Å². The quantitative estimate of drug-likeness (QED) is 0.339. The fourth-order valence-corrected chi connectivity index (χ4v) is 3.04. The van der Waals surface area contributed by atoms with Gasteiger partial charge in [-0.2, -0.15) is 0 Å². The number of ether oxygens (including phenoxy) is 2. The van der Waals surface area contributed by atoms with Gasteiger partial charge in [-0.05, 0) is 58.7 Å². The van der Waals surface area contributed by atoms with Gasteiger partial charge in [0.15, 0.2) is 0 Å². The van der Waals surface area contributed by atoms with E-state index in [9.17, 15) is 19.8 Å². The van der Waals surface area contributed by atoms with Crippen molar-refractivity contribution in [2.75, 3.05) is 14.2 Å². The Morgan fingerprint density at radius 2 is 0.906 bits per heavy atom. The van der Waals surface area contributed by atoms with Crippen LogP contribution in [0.15, 0.2) is 72.8 Å². The molecule has 0 saturated carbocycles. The summed E-state index contributed by atoms with van der Waals surface area (Å²) in [4.78, 5) is 24.5. The highest BCUT2D eigenvalue weighted by atomic mass is 16.5. The fraction of sp³-hybridized carbons (Fsp3) is 0.0769. The Bertz CT molecular complexity index is 1060. The number of carbonyl (C=O) groups excluding carboxylic acids is 2. The molecule has 32 heavy (non-hydrogen) atoms. The number of hydrogen-bond donors (Lipinski definition) is 2. The maximum absolute atomic E-state index is 12.3. The lowest BCUT2D eigenvalue weighted by Gasteiger charge is -2.08. The Labute approximate surface area is 185 Å². The van der Waals surface area contributed by atoms with E-state index >= 15 is 0 Å². The van der Waals surface area contributed by atoms with Gasteiger partial charge in [0.05, 0.1) is 25.4 Å². The van der Waals surface area contributed by atoms with Gasteiger partial charge in [-0.3, -0.25) is 0 Å². The number of rotatable bonds is 6. The van der Waals surface area contributed by atoms with Gasteiger partial charge in [0, 0.05) is 0 Å². The lowest BCUT2D eigenvalue weighted by Crippen LogP contribution is -2.04. The summed E-state index contributed by atoms with van der Waals surface area (Å²) in [6.07, 6.45) is 3.37. The standard InChI is InChI=1S/C26H22O6/c1-31-25(29)23(19-7-11-21(27)12-8-19)15-17-3-5-18(6-4-17)16-24(26(30)32-2)20-9-13-22(28)14-10-20/h3-16,27-28H,1-2H3/b23-15+,24-16+. The molecular weight excluding hydrogens is 408 g/mol.